The molecule has 4 saturated heterocycles. The van der Waals surface area contributed by atoms with Crippen LogP contribution in [0, 0.1) is 5.41 Å². The SMILES string of the molecule is O=C(NS(=O)(=O)c1ccc(N[C@H](CCN2C[C@H]3C[C@@H]2CO3)CSc2ccccc2)c(S(=O)(=O)C(F)(F)F)c1)c1ccc(N2CCN(CC3=C(c4ccc(Cl)cc4)CCC4(CCN(C(=O)OCc5ccccc5)C4)C3)CC2)cc1. The molecule has 14 nitrogen and oxygen atoms in total. The number of fused-ring (bicyclic) bond motifs is 2. The number of alkyl halides is 3. The van der Waals surface area contributed by atoms with E-state index < -0.39 is 52.8 Å². The van der Waals surface area contributed by atoms with Crippen LogP contribution in [0.1, 0.15) is 60.0 Å². The number of sulfone groups is 1. The van der Waals surface area contributed by atoms with Crippen LogP contribution in [-0.2, 0) is 35.9 Å². The lowest BCUT2D eigenvalue weighted by Gasteiger charge is -2.40. The summed E-state index contributed by atoms with van der Waals surface area (Å²) in [5.74, 6) is -0.680. The second kappa shape index (κ2) is 23.6. The molecule has 0 saturated carbocycles. The molecule has 0 radical (unpaired) electrons. The average Bonchev–Trinajstić information content (AvgIpc) is 4.27. The first-order valence-corrected chi connectivity index (χ1v) is 30.6. The van der Waals surface area contributed by atoms with Gasteiger partial charge in [0.25, 0.3) is 25.8 Å². The molecule has 2 amide bonds. The number of rotatable bonds is 18. The van der Waals surface area contributed by atoms with Crippen LogP contribution in [0.4, 0.5) is 29.3 Å². The van der Waals surface area contributed by atoms with Crippen molar-refractivity contribution in [2.24, 2.45) is 5.41 Å². The Labute approximate surface area is 463 Å². The first kappa shape index (κ1) is 55.7. The molecule has 78 heavy (non-hydrogen) atoms. The fraction of sp³-hybridized carbons (Fsp3) is 0.404. The van der Waals surface area contributed by atoms with Crippen LogP contribution in [0.25, 0.3) is 5.57 Å². The van der Waals surface area contributed by atoms with Gasteiger partial charge in [-0.2, -0.15) is 13.2 Å². The highest BCUT2D eigenvalue weighted by atomic mass is 35.5. The highest BCUT2D eigenvalue weighted by Gasteiger charge is 2.49. The van der Waals surface area contributed by atoms with Crippen molar-refractivity contribution in [2.45, 2.75) is 83.5 Å². The maximum Gasteiger partial charge on any atom is 0.501 e. The molecule has 1 spiro atoms. The lowest BCUT2D eigenvalue weighted by Crippen LogP contribution is -2.47. The van der Waals surface area contributed by atoms with Gasteiger partial charge >= 0.3 is 11.6 Å². The van der Waals surface area contributed by atoms with E-state index in [2.05, 4.69) is 32.1 Å². The zero-order chi connectivity index (χ0) is 54.7. The molecule has 0 aromatic heterocycles. The van der Waals surface area contributed by atoms with Gasteiger partial charge in [0.1, 0.15) is 11.5 Å². The van der Waals surface area contributed by atoms with Crippen LogP contribution in [0.2, 0.25) is 5.02 Å². The first-order chi connectivity index (χ1) is 37.4. The van der Waals surface area contributed by atoms with Crippen LogP contribution in [0.15, 0.2) is 148 Å². The van der Waals surface area contributed by atoms with E-state index in [9.17, 15) is 39.6 Å². The summed E-state index contributed by atoms with van der Waals surface area (Å²) in [6.45, 7) is 7.00. The summed E-state index contributed by atoms with van der Waals surface area (Å²) in [4.78, 5) is 34.3. The lowest BCUT2D eigenvalue weighted by atomic mass is 9.69. The van der Waals surface area contributed by atoms with Gasteiger partial charge in [-0.3, -0.25) is 14.6 Å². The normalized spacial score (nSPS) is 21.5. The number of amides is 2. The predicted octanol–water partition coefficient (Wildman–Crippen LogP) is 9.98. The van der Waals surface area contributed by atoms with Crippen molar-refractivity contribution in [3.63, 3.8) is 0 Å². The number of morpholine rings is 1. The minimum Gasteiger partial charge on any atom is -0.445 e. The molecule has 5 aromatic rings. The van der Waals surface area contributed by atoms with E-state index in [1.54, 1.807) is 12.1 Å². The number of benzene rings is 5. The quantitative estimate of drug-likeness (QED) is 0.0800. The van der Waals surface area contributed by atoms with Crippen molar-refractivity contribution in [3.05, 3.63) is 155 Å². The highest BCUT2D eigenvalue weighted by Crippen LogP contribution is 2.49. The minimum atomic E-state index is -6.08. The van der Waals surface area contributed by atoms with Crippen LogP contribution >= 0.6 is 23.4 Å². The molecule has 1 aliphatic carbocycles. The Morgan fingerprint density at radius 2 is 1.58 bits per heavy atom. The number of allylic oxidation sites excluding steroid dienone is 1. The van der Waals surface area contributed by atoms with Gasteiger partial charge in [0, 0.05) is 97.9 Å². The van der Waals surface area contributed by atoms with Gasteiger partial charge in [-0.25, -0.2) is 26.4 Å². The number of piperazine rings is 1. The van der Waals surface area contributed by atoms with E-state index in [4.69, 9.17) is 21.1 Å². The summed E-state index contributed by atoms with van der Waals surface area (Å²) in [5, 5.41) is 3.70. The maximum absolute atomic E-state index is 14.3. The van der Waals surface area contributed by atoms with Gasteiger partial charge in [-0.05, 0) is 127 Å². The van der Waals surface area contributed by atoms with Crippen LogP contribution in [0.3, 0.4) is 0 Å². The van der Waals surface area contributed by atoms with Crippen LogP contribution in [-0.4, -0.2) is 138 Å². The number of hydrogen-bond acceptors (Lipinski definition) is 13. The molecule has 4 aliphatic heterocycles. The summed E-state index contributed by atoms with van der Waals surface area (Å²) in [6, 6.07) is 35.6. The topological polar surface area (TPSA) is 158 Å². The number of sulfonamides is 1. The van der Waals surface area contributed by atoms with Gasteiger partial charge < -0.3 is 24.6 Å². The third-order valence-electron chi connectivity index (χ3n) is 15.7. The molecule has 5 aliphatic rings. The Morgan fingerprint density at radius 3 is 2.26 bits per heavy atom. The van der Waals surface area contributed by atoms with Gasteiger partial charge in [-0.1, -0.05) is 77.8 Å². The summed E-state index contributed by atoms with van der Waals surface area (Å²) < 4.78 is 110. The maximum atomic E-state index is 14.3. The first-order valence-electron chi connectivity index (χ1n) is 26.2. The molecular formula is C57H62ClF3N6O8S3. The number of halogens is 4. The number of carbonyl (C=O) groups excluding carboxylic acids is 2. The van der Waals surface area contributed by atoms with E-state index in [0.29, 0.717) is 62.6 Å². The summed E-state index contributed by atoms with van der Waals surface area (Å²) in [5.41, 5.74) is -0.690. The van der Waals surface area contributed by atoms with Gasteiger partial charge in [0.2, 0.25) is 0 Å². The van der Waals surface area contributed by atoms with E-state index >= 15 is 0 Å². The summed E-state index contributed by atoms with van der Waals surface area (Å²) >= 11 is 7.76. The number of nitrogens with zero attached hydrogens (tertiary/aromatic N) is 4. The third-order valence-corrected chi connectivity index (χ3v) is 20.0. The van der Waals surface area contributed by atoms with Crippen LogP contribution in [0.5, 0.6) is 0 Å². The number of anilines is 2. The average molecular weight is 1150 g/mol. The summed E-state index contributed by atoms with van der Waals surface area (Å²) in [6.07, 6.45) is 4.77. The molecule has 2 N–H and O–H groups in total. The van der Waals surface area contributed by atoms with Crippen molar-refractivity contribution in [1.82, 2.24) is 19.4 Å². The highest BCUT2D eigenvalue weighted by molar-refractivity contribution is 7.99. The van der Waals surface area contributed by atoms with Crippen molar-refractivity contribution < 1.29 is 49.1 Å². The van der Waals surface area contributed by atoms with Gasteiger partial charge in [0.15, 0.2) is 0 Å². The fourth-order valence-electron chi connectivity index (χ4n) is 11.5. The van der Waals surface area contributed by atoms with Gasteiger partial charge in [0.05, 0.1) is 23.3 Å². The van der Waals surface area contributed by atoms with E-state index in [1.807, 2.05) is 82.4 Å². The van der Waals surface area contributed by atoms with E-state index in [0.717, 1.165) is 92.1 Å². The lowest BCUT2D eigenvalue weighted by molar-refractivity contribution is -0.0436. The molecule has 1 unspecified atom stereocenters. The monoisotopic (exact) mass is 1150 g/mol. The van der Waals surface area contributed by atoms with Crippen LogP contribution < -0.4 is 14.9 Å². The van der Waals surface area contributed by atoms with Crippen molar-refractivity contribution in [3.8, 4) is 0 Å². The molecule has 5 aromatic carbocycles. The zero-order valence-electron chi connectivity index (χ0n) is 42.9. The molecule has 4 heterocycles. The number of ether oxygens (including phenoxy) is 2. The molecular weight excluding hydrogens is 1090 g/mol. The largest absolute Gasteiger partial charge is 0.501 e. The Hall–Kier alpha value is -5.61. The fourth-order valence-corrected chi connectivity index (χ4v) is 14.6. The number of thioether (sulfide) groups is 1. The third kappa shape index (κ3) is 13.0. The molecule has 10 rings (SSSR count). The van der Waals surface area contributed by atoms with Crippen molar-refractivity contribution in [2.75, 3.05) is 81.5 Å². The van der Waals surface area contributed by atoms with Crippen molar-refractivity contribution >= 4 is 72.2 Å². The molecule has 414 valence electrons. The summed E-state index contributed by atoms with van der Waals surface area (Å²) in [7, 11) is -11.0. The Balaban J connectivity index is 0.778. The number of likely N-dealkylation sites (tertiary alicyclic amines) is 2. The van der Waals surface area contributed by atoms with E-state index in [-0.39, 0.29) is 35.8 Å². The predicted molar refractivity (Wildman–Crippen MR) is 296 cm³/mol. The minimum absolute atomic E-state index is 0.0262. The molecule has 21 heteroatoms. The Kier molecular flexibility index (Phi) is 16.9. The second-order valence-electron chi connectivity index (χ2n) is 20.9. The number of nitrogens with one attached hydrogen (secondary N) is 2. The zero-order valence-corrected chi connectivity index (χ0v) is 46.1. The standard InChI is InChI=1S/C57H62ClF3N6O8S3/c58-44-15-11-41(12-16-44)51-21-23-56(24-26-67(39-56)55(69)75-36-40-7-3-1-4-8-40)33-43(51)34-64-27-29-65(30-28-64)46-17-13-42(14-18-46)54(68)63-78(72,73)50-19-20-52(53(32-50)77(70,71)57(59,60)61)62-45(38-76-49-9-5-2-6-10-49)22-25-66-35-48-31-47(66)37-74-48/h1-20,32,45,47-48,62H,21-31,33-39H2,(H,63,68)/t45-,47-,48-,56?/m1/s1. The molecule has 4 atom stereocenters. The van der Waals surface area contributed by atoms with Gasteiger partial charge in [-0.15, -0.1) is 11.8 Å². The number of carbonyl (C=O) groups is 2. The van der Waals surface area contributed by atoms with Crippen molar-refractivity contribution in [1.29, 1.82) is 0 Å². The Morgan fingerprint density at radius 1 is 0.859 bits per heavy atom. The number of hydrogen-bond donors (Lipinski definition) is 2. The second-order valence-corrected chi connectivity index (χ2v) is 26.0. The smallest absolute Gasteiger partial charge is 0.445 e. The molecule has 4 fully saturated rings. The Bertz CT molecular complexity index is 3210. The molecule has 2 bridgehead atoms. The van der Waals surface area contributed by atoms with E-state index in [1.165, 1.54) is 35.0 Å².